The van der Waals surface area contributed by atoms with Gasteiger partial charge in [0.1, 0.15) is 0 Å². The molecule has 144 valence electrons. The first-order valence-electron chi connectivity index (χ1n) is 10.2. The maximum absolute atomic E-state index is 5.06. The third kappa shape index (κ3) is 15.6. The van der Waals surface area contributed by atoms with Crippen molar-refractivity contribution in [2.45, 2.75) is 90.9 Å². The summed E-state index contributed by atoms with van der Waals surface area (Å²) in [6.45, 7) is 9.40. The van der Waals surface area contributed by atoms with Crippen LogP contribution in [0.2, 0.25) is 0 Å². The third-order valence-corrected chi connectivity index (χ3v) is 5.36. The molecule has 0 N–H and O–H groups in total. The Balaban J connectivity index is 0.000000546. The second-order valence-corrected chi connectivity index (χ2v) is 8.37. The molecule has 0 amide bonds. The van der Waals surface area contributed by atoms with Crippen molar-refractivity contribution in [3.05, 3.63) is 0 Å². The number of quaternary nitrogens is 1. The minimum Gasteiger partial charge on any atom is -0.514 e. The molecule has 1 aliphatic heterocycles. The molecule has 1 aliphatic rings. The fourth-order valence-corrected chi connectivity index (χ4v) is 3.33. The lowest BCUT2D eigenvalue weighted by molar-refractivity contribution is -0.895. The van der Waals surface area contributed by atoms with Crippen molar-refractivity contribution in [2.75, 3.05) is 33.3 Å². The highest BCUT2D eigenvalue weighted by atomic mass is 32.1. The van der Waals surface area contributed by atoms with Crippen LogP contribution in [0.5, 0.6) is 0 Å². The predicted octanol–water partition coefficient (Wildman–Crippen LogP) is 6.00. The smallest absolute Gasteiger partial charge is 0.0858 e. The SMILES string of the molecule is CCCCCCCCCCCCOC(=S)[S-].CC[N+]1(C)CCCC1. The van der Waals surface area contributed by atoms with E-state index in [0.29, 0.717) is 6.61 Å². The van der Waals surface area contributed by atoms with Gasteiger partial charge in [-0.05, 0) is 13.3 Å². The first-order valence-corrected chi connectivity index (χ1v) is 11.0. The van der Waals surface area contributed by atoms with Gasteiger partial charge in [0, 0.05) is 17.2 Å². The fourth-order valence-electron chi connectivity index (χ4n) is 3.16. The molecular weight excluding hydrogens is 334 g/mol. The van der Waals surface area contributed by atoms with Crippen LogP contribution in [0.15, 0.2) is 0 Å². The summed E-state index contributed by atoms with van der Waals surface area (Å²) in [5.74, 6) is 0. The number of nitrogens with zero attached hydrogens (tertiary/aromatic N) is 1. The standard InChI is InChI=1S/C13H26OS2.C7H16N/c1-2-3-4-5-6-7-8-9-10-11-12-14-13(15)16;1-3-8(2)6-4-5-7-8/h2-12H2,1H3,(H,15,16);3-7H2,1-2H3/q;+1/p-1. The first kappa shape index (κ1) is 24.1. The number of rotatable bonds is 12. The van der Waals surface area contributed by atoms with Crippen LogP contribution in [0, 0.1) is 0 Å². The van der Waals surface area contributed by atoms with Crippen molar-refractivity contribution in [1.82, 2.24) is 0 Å². The zero-order valence-electron chi connectivity index (χ0n) is 16.5. The van der Waals surface area contributed by atoms with E-state index in [0.717, 1.165) is 6.42 Å². The van der Waals surface area contributed by atoms with E-state index in [9.17, 15) is 0 Å². The van der Waals surface area contributed by atoms with E-state index in [1.807, 2.05) is 0 Å². The summed E-state index contributed by atoms with van der Waals surface area (Å²) < 4.78 is 6.64. The van der Waals surface area contributed by atoms with Crippen LogP contribution >= 0.6 is 12.2 Å². The van der Waals surface area contributed by atoms with Gasteiger partial charge in [-0.25, -0.2) is 0 Å². The Morgan fingerprint density at radius 2 is 1.33 bits per heavy atom. The van der Waals surface area contributed by atoms with Crippen molar-refractivity contribution in [2.24, 2.45) is 0 Å². The summed E-state index contributed by atoms with van der Waals surface area (Å²) in [7, 11) is 2.35. The molecule has 2 nitrogen and oxygen atoms in total. The van der Waals surface area contributed by atoms with Crippen LogP contribution in [0.25, 0.3) is 0 Å². The largest absolute Gasteiger partial charge is 0.514 e. The number of unbranched alkanes of at least 4 members (excludes halogenated alkanes) is 9. The van der Waals surface area contributed by atoms with Gasteiger partial charge < -0.3 is 34.1 Å². The molecular formula is C20H41NOS2. The van der Waals surface area contributed by atoms with Crippen LogP contribution in [0.4, 0.5) is 0 Å². The lowest BCUT2D eigenvalue weighted by Gasteiger charge is -2.26. The molecule has 0 aromatic rings. The molecule has 0 saturated carbocycles. The van der Waals surface area contributed by atoms with Gasteiger partial charge in [-0.3, -0.25) is 0 Å². The summed E-state index contributed by atoms with van der Waals surface area (Å²) in [5, 5.41) is 0. The molecule has 4 heteroatoms. The Morgan fingerprint density at radius 1 is 0.875 bits per heavy atom. The third-order valence-electron chi connectivity index (χ3n) is 5.13. The topological polar surface area (TPSA) is 9.23 Å². The Morgan fingerprint density at radius 3 is 1.71 bits per heavy atom. The molecule has 0 atom stereocenters. The maximum Gasteiger partial charge on any atom is 0.0858 e. The molecule has 0 radical (unpaired) electrons. The van der Waals surface area contributed by atoms with Gasteiger partial charge >= 0.3 is 0 Å². The molecule has 0 bridgehead atoms. The number of thiocarbonyl (C=S) groups is 1. The number of hydrogen-bond donors (Lipinski definition) is 0. The fraction of sp³-hybridized carbons (Fsp3) is 0.950. The van der Waals surface area contributed by atoms with Crippen molar-refractivity contribution >= 4 is 29.2 Å². The average Bonchev–Trinajstić information content (AvgIpc) is 3.00. The van der Waals surface area contributed by atoms with E-state index in [4.69, 9.17) is 4.74 Å². The molecule has 0 unspecified atom stereocenters. The van der Waals surface area contributed by atoms with Gasteiger partial charge in [-0.2, -0.15) is 0 Å². The van der Waals surface area contributed by atoms with Crippen molar-refractivity contribution < 1.29 is 9.22 Å². The molecule has 0 aromatic heterocycles. The molecule has 1 rings (SSSR count). The van der Waals surface area contributed by atoms with E-state index >= 15 is 0 Å². The van der Waals surface area contributed by atoms with E-state index < -0.39 is 0 Å². The van der Waals surface area contributed by atoms with Crippen molar-refractivity contribution in [1.29, 1.82) is 0 Å². The Hall–Kier alpha value is 0.0700. The van der Waals surface area contributed by atoms with E-state index in [1.165, 1.54) is 94.7 Å². The predicted molar refractivity (Wildman–Crippen MR) is 113 cm³/mol. The monoisotopic (exact) mass is 375 g/mol. The first-order chi connectivity index (χ1) is 11.5. The number of likely N-dealkylation sites (tertiary alicyclic amines) is 1. The second kappa shape index (κ2) is 16.5. The Labute approximate surface area is 162 Å². The van der Waals surface area contributed by atoms with Crippen molar-refractivity contribution in [3.63, 3.8) is 0 Å². The highest BCUT2D eigenvalue weighted by Crippen LogP contribution is 2.14. The molecule has 0 aromatic carbocycles. The minimum atomic E-state index is 0.260. The normalized spacial score (nSPS) is 15.6. The highest BCUT2D eigenvalue weighted by molar-refractivity contribution is 7.99. The Bertz CT molecular complexity index is 291. The van der Waals surface area contributed by atoms with E-state index in [-0.39, 0.29) is 4.38 Å². The summed E-state index contributed by atoms with van der Waals surface area (Å²) in [6.07, 6.45) is 16.3. The maximum atomic E-state index is 5.06. The molecule has 1 heterocycles. The molecule has 0 aliphatic carbocycles. The zero-order chi connectivity index (χ0) is 18.1. The molecule has 0 spiro atoms. The summed E-state index contributed by atoms with van der Waals surface area (Å²) in [5.41, 5.74) is 0. The second-order valence-electron chi connectivity index (χ2n) is 7.37. The average molecular weight is 376 g/mol. The number of ether oxygens (including phenoxy) is 1. The van der Waals surface area contributed by atoms with Gasteiger partial charge in [0.05, 0.1) is 33.3 Å². The van der Waals surface area contributed by atoms with Crippen LogP contribution in [0.1, 0.15) is 90.9 Å². The lowest BCUT2D eigenvalue weighted by atomic mass is 10.1. The molecule has 24 heavy (non-hydrogen) atoms. The number of hydrogen-bond acceptors (Lipinski definition) is 3. The molecule has 1 fully saturated rings. The zero-order valence-corrected chi connectivity index (χ0v) is 18.1. The van der Waals surface area contributed by atoms with E-state index in [1.54, 1.807) is 0 Å². The van der Waals surface area contributed by atoms with Gasteiger partial charge in [-0.1, -0.05) is 64.7 Å². The Kier molecular flexibility index (Phi) is 16.6. The molecule has 1 saturated heterocycles. The summed E-state index contributed by atoms with van der Waals surface area (Å²) in [6, 6.07) is 0. The van der Waals surface area contributed by atoms with E-state index in [2.05, 4.69) is 45.7 Å². The summed E-state index contributed by atoms with van der Waals surface area (Å²) >= 11 is 9.32. The minimum absolute atomic E-state index is 0.260. The van der Waals surface area contributed by atoms with Crippen molar-refractivity contribution in [3.8, 4) is 0 Å². The van der Waals surface area contributed by atoms with Gasteiger partial charge in [0.2, 0.25) is 0 Å². The quantitative estimate of drug-likeness (QED) is 0.179. The van der Waals surface area contributed by atoms with Gasteiger partial charge in [0.15, 0.2) is 0 Å². The van der Waals surface area contributed by atoms with Gasteiger partial charge in [-0.15, -0.1) is 0 Å². The van der Waals surface area contributed by atoms with Crippen LogP contribution < -0.4 is 0 Å². The lowest BCUT2D eigenvalue weighted by Crippen LogP contribution is -2.40. The van der Waals surface area contributed by atoms with Gasteiger partial charge in [0.25, 0.3) is 0 Å². The van der Waals surface area contributed by atoms with Crippen LogP contribution in [-0.2, 0) is 17.4 Å². The summed E-state index contributed by atoms with van der Waals surface area (Å²) in [4.78, 5) is 0. The van der Waals surface area contributed by atoms with Crippen LogP contribution in [0.3, 0.4) is 0 Å². The highest BCUT2D eigenvalue weighted by Gasteiger charge is 2.23. The van der Waals surface area contributed by atoms with Crippen LogP contribution in [-0.4, -0.2) is 42.2 Å².